The fraction of sp³-hybridized carbons (Fsp3) is 0.421. The molecule has 0 saturated carbocycles. The molecule has 4 rings (SSSR count). The normalized spacial score (nSPS) is 20.5. The van der Waals surface area contributed by atoms with Crippen LogP contribution in [0.3, 0.4) is 0 Å². The topological polar surface area (TPSA) is 64.3 Å². The van der Waals surface area contributed by atoms with Gasteiger partial charge in [0.1, 0.15) is 0 Å². The molecule has 2 aromatic heterocycles. The molecule has 1 aliphatic rings. The molecule has 28 heavy (non-hydrogen) atoms. The third kappa shape index (κ3) is 3.42. The van der Waals surface area contributed by atoms with E-state index in [4.69, 9.17) is 4.74 Å². The Kier molecular flexibility index (Phi) is 4.70. The number of aryl methyl sites for hydroxylation is 1. The zero-order valence-corrected chi connectivity index (χ0v) is 15.5. The van der Waals surface area contributed by atoms with Crippen molar-refractivity contribution in [3.63, 3.8) is 0 Å². The van der Waals surface area contributed by atoms with Gasteiger partial charge in [0.2, 0.25) is 0 Å². The van der Waals surface area contributed by atoms with Gasteiger partial charge in [0, 0.05) is 18.2 Å². The van der Waals surface area contributed by atoms with Crippen LogP contribution < -0.4 is 5.32 Å². The Labute approximate surface area is 159 Å². The van der Waals surface area contributed by atoms with Gasteiger partial charge in [-0.3, -0.25) is 0 Å². The minimum atomic E-state index is -4.62. The number of halogens is 3. The van der Waals surface area contributed by atoms with Crippen molar-refractivity contribution in [2.45, 2.75) is 45.0 Å². The summed E-state index contributed by atoms with van der Waals surface area (Å²) in [6.45, 7) is 4.11. The van der Waals surface area contributed by atoms with E-state index < -0.39 is 12.0 Å². The van der Waals surface area contributed by atoms with Crippen molar-refractivity contribution in [1.82, 2.24) is 19.8 Å². The number of ether oxygens (including phenoxy) is 1. The van der Waals surface area contributed by atoms with Crippen molar-refractivity contribution < 1.29 is 17.9 Å². The Hall–Kier alpha value is -2.68. The second kappa shape index (κ2) is 7.05. The van der Waals surface area contributed by atoms with Crippen LogP contribution in [0.5, 0.6) is 0 Å². The molecule has 2 atom stereocenters. The molecule has 3 aromatic rings. The van der Waals surface area contributed by atoms with E-state index in [0.717, 1.165) is 22.1 Å². The van der Waals surface area contributed by atoms with Gasteiger partial charge in [0.15, 0.2) is 11.5 Å². The van der Waals surface area contributed by atoms with Crippen LogP contribution in [0.25, 0.3) is 5.65 Å². The van der Waals surface area contributed by atoms with Crippen LogP contribution in [0.2, 0.25) is 0 Å². The molecule has 0 amide bonds. The van der Waals surface area contributed by atoms with Crippen molar-refractivity contribution in [3.8, 4) is 0 Å². The maximum atomic E-state index is 13.2. The fourth-order valence-corrected chi connectivity index (χ4v) is 3.46. The van der Waals surface area contributed by atoms with Crippen LogP contribution in [-0.2, 0) is 10.9 Å². The van der Waals surface area contributed by atoms with Gasteiger partial charge in [-0.25, -0.2) is 0 Å². The summed E-state index contributed by atoms with van der Waals surface area (Å²) in [6, 6.07) is 9.93. The van der Waals surface area contributed by atoms with E-state index in [2.05, 4.69) is 20.6 Å². The molecule has 9 heteroatoms. The first-order chi connectivity index (χ1) is 13.3. The highest BCUT2D eigenvalue weighted by atomic mass is 19.4. The van der Waals surface area contributed by atoms with Crippen LogP contribution in [0, 0.1) is 13.8 Å². The lowest BCUT2D eigenvalue weighted by Crippen LogP contribution is -2.31. The van der Waals surface area contributed by atoms with Gasteiger partial charge in [-0.1, -0.05) is 30.3 Å². The average molecular weight is 391 g/mol. The van der Waals surface area contributed by atoms with E-state index in [1.54, 1.807) is 6.92 Å². The second-order valence-corrected chi connectivity index (χ2v) is 6.99. The summed E-state index contributed by atoms with van der Waals surface area (Å²) in [4.78, 5) is 0. The minimum absolute atomic E-state index is 0.0350. The average Bonchev–Trinajstić information content (AvgIpc) is 3.11. The number of rotatable bonds is 3. The van der Waals surface area contributed by atoms with Crippen LogP contribution in [0.1, 0.15) is 41.5 Å². The van der Waals surface area contributed by atoms with Crippen molar-refractivity contribution in [3.05, 3.63) is 52.8 Å². The first-order valence-corrected chi connectivity index (χ1v) is 9.07. The SMILES string of the molecule is Cc1c(NC2CCOC(c3ccccc3)C2)nn2c(C(F)(F)F)nnc2c1C. The van der Waals surface area contributed by atoms with Crippen LogP contribution in [0.4, 0.5) is 19.0 Å². The lowest BCUT2D eigenvalue weighted by atomic mass is 9.97. The number of anilines is 1. The number of alkyl halides is 3. The summed E-state index contributed by atoms with van der Waals surface area (Å²) in [7, 11) is 0. The Bertz CT molecular complexity index is 987. The molecule has 148 valence electrons. The third-order valence-electron chi connectivity index (χ3n) is 5.14. The first-order valence-electron chi connectivity index (χ1n) is 9.07. The Balaban J connectivity index is 1.63. The molecule has 3 heterocycles. The molecule has 1 aromatic carbocycles. The van der Waals surface area contributed by atoms with Gasteiger partial charge in [-0.05, 0) is 37.8 Å². The lowest BCUT2D eigenvalue weighted by molar-refractivity contribution is -0.146. The van der Waals surface area contributed by atoms with Crippen molar-refractivity contribution in [1.29, 1.82) is 0 Å². The summed E-state index contributed by atoms with van der Waals surface area (Å²) in [5.41, 5.74) is 2.58. The van der Waals surface area contributed by atoms with Gasteiger partial charge in [-0.2, -0.15) is 17.7 Å². The molecule has 1 aliphatic heterocycles. The summed E-state index contributed by atoms with van der Waals surface area (Å²) in [5.74, 6) is -0.711. The van der Waals surface area contributed by atoms with Crippen LogP contribution >= 0.6 is 0 Å². The third-order valence-corrected chi connectivity index (χ3v) is 5.14. The Morgan fingerprint density at radius 2 is 1.86 bits per heavy atom. The molecule has 0 bridgehead atoms. The van der Waals surface area contributed by atoms with Gasteiger partial charge in [0.05, 0.1) is 6.10 Å². The van der Waals surface area contributed by atoms with E-state index in [1.165, 1.54) is 0 Å². The van der Waals surface area contributed by atoms with Gasteiger partial charge >= 0.3 is 6.18 Å². The number of nitrogens with one attached hydrogen (secondary N) is 1. The molecule has 2 unspecified atom stereocenters. The highest BCUT2D eigenvalue weighted by molar-refractivity contribution is 5.58. The summed E-state index contributed by atoms with van der Waals surface area (Å²) in [5, 5.41) is 14.4. The minimum Gasteiger partial charge on any atom is -0.373 e. The van der Waals surface area contributed by atoms with Crippen molar-refractivity contribution >= 4 is 11.5 Å². The van der Waals surface area contributed by atoms with Gasteiger partial charge < -0.3 is 10.1 Å². The van der Waals surface area contributed by atoms with E-state index >= 15 is 0 Å². The van der Waals surface area contributed by atoms with Gasteiger partial charge in [-0.15, -0.1) is 15.3 Å². The maximum Gasteiger partial charge on any atom is 0.453 e. The lowest BCUT2D eigenvalue weighted by Gasteiger charge is -2.31. The Morgan fingerprint density at radius 3 is 2.57 bits per heavy atom. The van der Waals surface area contributed by atoms with Crippen molar-refractivity contribution in [2.75, 3.05) is 11.9 Å². The maximum absolute atomic E-state index is 13.2. The predicted molar refractivity (Wildman–Crippen MR) is 97.0 cm³/mol. The second-order valence-electron chi connectivity index (χ2n) is 6.99. The number of fused-ring (bicyclic) bond motifs is 1. The molecule has 1 fully saturated rings. The molecule has 0 spiro atoms. The highest BCUT2D eigenvalue weighted by Gasteiger charge is 2.38. The Morgan fingerprint density at radius 1 is 1.11 bits per heavy atom. The van der Waals surface area contributed by atoms with E-state index in [1.807, 2.05) is 37.3 Å². The standard InChI is InChI=1S/C19H20F3N5O/c1-11-12(2)17-24-25-18(19(20,21)22)27(17)26-16(11)23-14-8-9-28-15(10-14)13-6-4-3-5-7-13/h3-7,14-15H,8-10H2,1-2H3,(H,23,26). The molecule has 1 N–H and O–H groups in total. The van der Waals surface area contributed by atoms with Crippen LogP contribution in [-0.4, -0.2) is 32.5 Å². The van der Waals surface area contributed by atoms with Gasteiger partial charge in [0.25, 0.3) is 5.82 Å². The van der Waals surface area contributed by atoms with E-state index in [0.29, 0.717) is 24.4 Å². The van der Waals surface area contributed by atoms with E-state index in [-0.39, 0.29) is 17.8 Å². The molecular formula is C19H20F3N5O. The number of hydrogen-bond donors (Lipinski definition) is 1. The summed E-state index contributed by atoms with van der Waals surface area (Å²) >= 11 is 0. The zero-order chi connectivity index (χ0) is 19.9. The quantitative estimate of drug-likeness (QED) is 0.729. The monoisotopic (exact) mass is 391 g/mol. The molecular weight excluding hydrogens is 371 g/mol. The molecule has 0 aliphatic carbocycles. The fourth-order valence-electron chi connectivity index (χ4n) is 3.46. The number of aromatic nitrogens is 4. The summed E-state index contributed by atoms with van der Waals surface area (Å²) < 4.78 is 46.3. The van der Waals surface area contributed by atoms with E-state index in [9.17, 15) is 13.2 Å². The number of nitrogens with zero attached hydrogens (tertiary/aromatic N) is 4. The predicted octanol–water partition coefficient (Wildman–Crippen LogP) is 4.09. The molecule has 1 saturated heterocycles. The molecule has 6 nitrogen and oxygen atoms in total. The van der Waals surface area contributed by atoms with Crippen LogP contribution in [0.15, 0.2) is 30.3 Å². The highest BCUT2D eigenvalue weighted by Crippen LogP contribution is 2.32. The first kappa shape index (κ1) is 18.7. The smallest absolute Gasteiger partial charge is 0.373 e. The largest absolute Gasteiger partial charge is 0.453 e. The number of hydrogen-bond acceptors (Lipinski definition) is 5. The molecule has 0 radical (unpaired) electrons. The summed E-state index contributed by atoms with van der Waals surface area (Å²) in [6.07, 6.45) is -3.23. The number of benzene rings is 1. The zero-order valence-electron chi connectivity index (χ0n) is 15.5. The van der Waals surface area contributed by atoms with Crippen molar-refractivity contribution in [2.24, 2.45) is 0 Å².